The van der Waals surface area contributed by atoms with Gasteiger partial charge in [-0.1, -0.05) is 53.7 Å². The van der Waals surface area contributed by atoms with E-state index >= 15 is 0 Å². The molecule has 0 saturated heterocycles. The summed E-state index contributed by atoms with van der Waals surface area (Å²) in [5.74, 6) is 1.85. The molecule has 0 amide bonds. The molecular formula is C22H29NO. The van der Waals surface area contributed by atoms with Crippen LogP contribution in [0.25, 0.3) is 0 Å². The van der Waals surface area contributed by atoms with Gasteiger partial charge >= 0.3 is 0 Å². The molecule has 0 radical (unpaired) electrons. The summed E-state index contributed by atoms with van der Waals surface area (Å²) in [5, 5.41) is 3.51. The molecule has 0 saturated carbocycles. The van der Waals surface area contributed by atoms with Crippen LogP contribution in [-0.2, 0) is 10.8 Å². The van der Waals surface area contributed by atoms with E-state index < -0.39 is 0 Å². The number of benzene rings is 2. The summed E-state index contributed by atoms with van der Waals surface area (Å²) in [6.45, 7) is 13.6. The van der Waals surface area contributed by atoms with Gasteiger partial charge in [0.15, 0.2) is 11.5 Å². The predicted molar refractivity (Wildman–Crippen MR) is 103 cm³/mol. The quantitative estimate of drug-likeness (QED) is 0.563. The number of anilines is 2. The average Bonchev–Trinajstić information content (AvgIpc) is 2.58. The van der Waals surface area contributed by atoms with Gasteiger partial charge in [-0.05, 0) is 59.1 Å². The highest BCUT2D eigenvalue weighted by atomic mass is 16.5. The van der Waals surface area contributed by atoms with Crippen molar-refractivity contribution >= 4 is 11.4 Å². The van der Waals surface area contributed by atoms with Crippen molar-refractivity contribution in [3.05, 3.63) is 47.5 Å². The van der Waals surface area contributed by atoms with Crippen LogP contribution < -0.4 is 10.1 Å². The molecule has 2 heteroatoms. The molecule has 1 aliphatic heterocycles. The monoisotopic (exact) mass is 323 g/mol. The van der Waals surface area contributed by atoms with Crippen molar-refractivity contribution in [1.29, 1.82) is 0 Å². The number of hydrogen-bond donors (Lipinski definition) is 1. The Kier molecular flexibility index (Phi) is 4.11. The summed E-state index contributed by atoms with van der Waals surface area (Å²) in [6.07, 6.45) is 2.20. The van der Waals surface area contributed by atoms with Gasteiger partial charge in [-0.25, -0.2) is 0 Å². The summed E-state index contributed by atoms with van der Waals surface area (Å²) in [7, 11) is 0. The molecule has 3 rings (SSSR count). The topological polar surface area (TPSA) is 21.3 Å². The van der Waals surface area contributed by atoms with E-state index in [2.05, 4.69) is 83.3 Å². The fraction of sp³-hybridized carbons (Fsp3) is 0.455. The minimum atomic E-state index is 0.157. The standard InChI is InChI=1S/C22H29NO/c1-7-21(3,4)15-9-11-17-19(13-15)24-20-14-16(22(5,6)8-2)10-12-18(20)23-17/h9-14,23H,7-8H2,1-6H3. The molecule has 0 fully saturated rings. The second-order valence-corrected chi connectivity index (χ2v) is 8.12. The van der Waals surface area contributed by atoms with Crippen molar-refractivity contribution in [2.24, 2.45) is 0 Å². The second-order valence-electron chi connectivity index (χ2n) is 8.12. The molecule has 24 heavy (non-hydrogen) atoms. The third-order valence-electron chi connectivity index (χ3n) is 5.78. The SMILES string of the molecule is CCC(C)(C)c1ccc2c(c1)Oc1cc(C(C)(C)CC)ccc1N2. The predicted octanol–water partition coefficient (Wildman–Crippen LogP) is 6.91. The fourth-order valence-electron chi connectivity index (χ4n) is 2.93. The van der Waals surface area contributed by atoms with Gasteiger partial charge in [0.05, 0.1) is 11.4 Å². The molecule has 1 aliphatic rings. The third-order valence-corrected chi connectivity index (χ3v) is 5.78. The number of ether oxygens (including phenoxy) is 1. The first-order valence-electron chi connectivity index (χ1n) is 9.01. The highest BCUT2D eigenvalue weighted by Crippen LogP contribution is 2.45. The normalized spacial score (nSPS) is 13.6. The number of fused-ring (bicyclic) bond motifs is 2. The summed E-state index contributed by atoms with van der Waals surface area (Å²) in [4.78, 5) is 0. The van der Waals surface area contributed by atoms with Gasteiger partial charge < -0.3 is 10.1 Å². The van der Waals surface area contributed by atoms with E-state index in [9.17, 15) is 0 Å². The minimum absolute atomic E-state index is 0.157. The molecule has 1 heterocycles. The fourth-order valence-corrected chi connectivity index (χ4v) is 2.93. The van der Waals surface area contributed by atoms with Crippen LogP contribution in [0.2, 0.25) is 0 Å². The van der Waals surface area contributed by atoms with Crippen molar-refractivity contribution in [1.82, 2.24) is 0 Å². The maximum atomic E-state index is 6.28. The van der Waals surface area contributed by atoms with E-state index in [0.29, 0.717) is 0 Å². The third kappa shape index (κ3) is 2.90. The lowest BCUT2D eigenvalue weighted by Gasteiger charge is -2.29. The first kappa shape index (κ1) is 16.9. The van der Waals surface area contributed by atoms with Crippen LogP contribution in [0, 0.1) is 0 Å². The number of hydrogen-bond acceptors (Lipinski definition) is 2. The largest absolute Gasteiger partial charge is 0.453 e. The van der Waals surface area contributed by atoms with Crippen molar-refractivity contribution in [2.75, 3.05) is 5.32 Å². The Labute approximate surface area is 146 Å². The molecule has 2 aromatic rings. The average molecular weight is 323 g/mol. The van der Waals surface area contributed by atoms with Gasteiger partial charge in [-0.15, -0.1) is 0 Å². The van der Waals surface area contributed by atoms with Gasteiger partial charge in [-0.3, -0.25) is 0 Å². The minimum Gasteiger partial charge on any atom is -0.453 e. The molecule has 0 atom stereocenters. The molecule has 0 bridgehead atoms. The molecule has 128 valence electrons. The van der Waals surface area contributed by atoms with E-state index in [-0.39, 0.29) is 10.8 Å². The van der Waals surface area contributed by atoms with Gasteiger partial charge in [0, 0.05) is 0 Å². The molecule has 0 spiro atoms. The maximum Gasteiger partial charge on any atom is 0.151 e. The van der Waals surface area contributed by atoms with Crippen molar-refractivity contribution in [3.63, 3.8) is 0 Å². The van der Waals surface area contributed by atoms with Crippen LogP contribution in [0.15, 0.2) is 36.4 Å². The summed E-state index contributed by atoms with van der Waals surface area (Å²) >= 11 is 0. The van der Waals surface area contributed by atoms with Crippen molar-refractivity contribution in [2.45, 2.75) is 65.2 Å². The van der Waals surface area contributed by atoms with E-state index in [4.69, 9.17) is 4.74 Å². The van der Waals surface area contributed by atoms with Crippen molar-refractivity contribution in [3.8, 4) is 11.5 Å². The van der Waals surface area contributed by atoms with E-state index in [1.807, 2.05) is 0 Å². The summed E-state index contributed by atoms with van der Waals surface area (Å²) in [6, 6.07) is 13.1. The lowest BCUT2D eigenvalue weighted by molar-refractivity contribution is 0.463. The van der Waals surface area contributed by atoms with Crippen LogP contribution in [0.1, 0.15) is 65.5 Å². The Balaban J connectivity index is 1.98. The highest BCUT2D eigenvalue weighted by molar-refractivity contribution is 5.76. The Morgan fingerprint density at radius 1 is 0.750 bits per heavy atom. The Morgan fingerprint density at radius 3 is 1.54 bits per heavy atom. The first-order chi connectivity index (χ1) is 11.3. The van der Waals surface area contributed by atoms with Crippen LogP contribution in [-0.4, -0.2) is 0 Å². The number of nitrogens with one attached hydrogen (secondary N) is 1. The first-order valence-corrected chi connectivity index (χ1v) is 9.01. The molecule has 2 aromatic carbocycles. The van der Waals surface area contributed by atoms with Crippen molar-refractivity contribution < 1.29 is 4.74 Å². The van der Waals surface area contributed by atoms with E-state index in [1.54, 1.807) is 0 Å². The Bertz CT molecular complexity index is 695. The van der Waals surface area contributed by atoms with Crippen LogP contribution in [0.5, 0.6) is 11.5 Å². The number of rotatable bonds is 4. The Morgan fingerprint density at radius 2 is 1.17 bits per heavy atom. The maximum absolute atomic E-state index is 6.28. The zero-order chi connectivity index (χ0) is 17.5. The summed E-state index contributed by atoms with van der Waals surface area (Å²) < 4.78 is 6.28. The lowest BCUT2D eigenvalue weighted by atomic mass is 9.81. The van der Waals surface area contributed by atoms with E-state index in [1.165, 1.54) is 11.1 Å². The van der Waals surface area contributed by atoms with Crippen LogP contribution >= 0.6 is 0 Å². The highest BCUT2D eigenvalue weighted by Gasteiger charge is 2.25. The van der Waals surface area contributed by atoms with E-state index in [0.717, 1.165) is 35.7 Å². The molecule has 0 aromatic heterocycles. The smallest absolute Gasteiger partial charge is 0.151 e. The summed E-state index contributed by atoms with van der Waals surface area (Å²) in [5.41, 5.74) is 5.04. The molecule has 2 nitrogen and oxygen atoms in total. The molecule has 1 N–H and O–H groups in total. The van der Waals surface area contributed by atoms with Gasteiger partial charge in [0.2, 0.25) is 0 Å². The van der Waals surface area contributed by atoms with Crippen LogP contribution in [0.3, 0.4) is 0 Å². The second kappa shape index (κ2) is 5.84. The molecular weight excluding hydrogens is 294 g/mol. The van der Waals surface area contributed by atoms with Gasteiger partial charge in [0.1, 0.15) is 0 Å². The molecule has 0 aliphatic carbocycles. The zero-order valence-corrected chi connectivity index (χ0v) is 15.8. The lowest BCUT2D eigenvalue weighted by Crippen LogP contribution is -2.17. The van der Waals surface area contributed by atoms with Crippen LogP contribution in [0.4, 0.5) is 11.4 Å². The zero-order valence-electron chi connectivity index (χ0n) is 15.8. The van der Waals surface area contributed by atoms with Gasteiger partial charge in [-0.2, -0.15) is 0 Å². The Hall–Kier alpha value is -1.96. The van der Waals surface area contributed by atoms with Gasteiger partial charge in [0.25, 0.3) is 0 Å². The molecule has 0 unspecified atom stereocenters.